The van der Waals surface area contributed by atoms with Gasteiger partial charge < -0.3 is 5.32 Å². The van der Waals surface area contributed by atoms with Crippen molar-refractivity contribution >= 4 is 20.0 Å². The van der Waals surface area contributed by atoms with Gasteiger partial charge in [0.1, 0.15) is 12.4 Å². The van der Waals surface area contributed by atoms with Gasteiger partial charge in [0, 0.05) is 16.0 Å². The van der Waals surface area contributed by atoms with Gasteiger partial charge in [0.15, 0.2) is 0 Å². The highest BCUT2D eigenvalue weighted by Crippen LogP contribution is 2.46. The molecule has 1 atom stereocenters. The van der Waals surface area contributed by atoms with Gasteiger partial charge in [0.2, 0.25) is 0 Å². The summed E-state index contributed by atoms with van der Waals surface area (Å²) in [7, 11) is -2.63. The van der Waals surface area contributed by atoms with E-state index in [0.717, 1.165) is 50.5 Å². The number of unbranched alkanes of at least 4 members (excludes halogenated alkanes) is 1. The minimum absolute atomic E-state index is 0.101. The van der Waals surface area contributed by atoms with Crippen molar-refractivity contribution in [2.75, 3.05) is 18.9 Å². The maximum Gasteiger partial charge on any atom is 0.694 e. The molecule has 198 valence electrons. The third-order valence-corrected chi connectivity index (χ3v) is 8.25. The average molecular weight is 547 g/mol. The molecule has 0 amide bonds. The van der Waals surface area contributed by atoms with E-state index >= 15 is 0 Å². The first-order valence-electron chi connectivity index (χ1n) is 12.3. The summed E-state index contributed by atoms with van der Waals surface area (Å²) in [5, 5.41) is 3.02. The summed E-state index contributed by atoms with van der Waals surface area (Å²) < 4.78 is 70.6. The Morgan fingerprint density at radius 2 is 1.83 bits per heavy atom. The largest absolute Gasteiger partial charge is 0.694 e. The number of benzene rings is 2. The normalized spacial score (nSPS) is 15.9. The standard InChI is InChI=1S/C26H32F4NO3PS/c27-23-9-2-1-8-21(23)25(12-3-4-13-25)14-5-6-17-36-24-11-10-20(18-22(24)26(28,29)30)19-31-15-7-16-34-35(32)33/h1-2,8-11,18,31H,3-7,12-17,19H2/p+1. The van der Waals surface area contributed by atoms with Gasteiger partial charge in [0.25, 0.3) is 0 Å². The Balaban J connectivity index is 1.51. The van der Waals surface area contributed by atoms with Gasteiger partial charge in [-0.2, -0.15) is 13.2 Å². The SMILES string of the molecule is O=[P+](O)OCCCNCc1ccc(SCCCCC2(c3ccccc3F)CCCC2)c(C(F)(F)F)c1. The molecule has 2 aromatic rings. The monoisotopic (exact) mass is 546 g/mol. The van der Waals surface area contributed by atoms with Crippen molar-refractivity contribution in [3.05, 3.63) is 65.0 Å². The molecule has 0 aromatic heterocycles. The summed E-state index contributed by atoms with van der Waals surface area (Å²) in [5.41, 5.74) is 0.527. The summed E-state index contributed by atoms with van der Waals surface area (Å²) in [6, 6.07) is 11.4. The second-order valence-corrected chi connectivity index (χ2v) is 11.1. The maximum atomic E-state index is 14.5. The fraction of sp³-hybridized carbons (Fsp3) is 0.538. The maximum absolute atomic E-state index is 14.5. The van der Waals surface area contributed by atoms with Gasteiger partial charge in [-0.1, -0.05) is 43.5 Å². The number of nitrogens with one attached hydrogen (secondary N) is 1. The molecule has 2 aromatic carbocycles. The van der Waals surface area contributed by atoms with Crippen LogP contribution in [-0.4, -0.2) is 23.8 Å². The molecule has 36 heavy (non-hydrogen) atoms. The molecule has 0 heterocycles. The van der Waals surface area contributed by atoms with E-state index in [0.29, 0.717) is 24.3 Å². The van der Waals surface area contributed by atoms with Crippen molar-refractivity contribution in [1.29, 1.82) is 0 Å². The smallest absolute Gasteiger partial charge is 0.313 e. The Morgan fingerprint density at radius 3 is 2.53 bits per heavy atom. The first kappa shape index (κ1) is 29.1. The van der Waals surface area contributed by atoms with E-state index < -0.39 is 20.0 Å². The van der Waals surface area contributed by atoms with Crippen molar-refractivity contribution in [2.45, 2.75) is 74.4 Å². The summed E-state index contributed by atoms with van der Waals surface area (Å²) >= 11 is 1.22. The van der Waals surface area contributed by atoms with Crippen LogP contribution in [0.2, 0.25) is 0 Å². The molecule has 4 nitrogen and oxygen atoms in total. The Bertz CT molecular complexity index is 999. The number of halogens is 4. The molecule has 1 aliphatic rings. The Morgan fingerprint density at radius 1 is 1.08 bits per heavy atom. The van der Waals surface area contributed by atoms with E-state index in [4.69, 9.17) is 4.89 Å². The molecule has 1 aliphatic carbocycles. The second-order valence-electron chi connectivity index (χ2n) is 9.20. The fourth-order valence-electron chi connectivity index (χ4n) is 4.95. The number of rotatable bonds is 14. The van der Waals surface area contributed by atoms with Crippen molar-refractivity contribution < 1.29 is 31.5 Å². The predicted octanol–water partition coefficient (Wildman–Crippen LogP) is 7.76. The van der Waals surface area contributed by atoms with E-state index in [1.54, 1.807) is 12.1 Å². The molecule has 1 saturated carbocycles. The van der Waals surface area contributed by atoms with Crippen LogP contribution in [0, 0.1) is 5.82 Å². The Kier molecular flexibility index (Phi) is 11.2. The number of alkyl halides is 3. The van der Waals surface area contributed by atoms with Crippen LogP contribution in [0.4, 0.5) is 17.6 Å². The molecular weight excluding hydrogens is 513 g/mol. The number of hydrogen-bond donors (Lipinski definition) is 2. The first-order valence-corrected chi connectivity index (χ1v) is 14.4. The molecule has 10 heteroatoms. The lowest BCUT2D eigenvalue weighted by Gasteiger charge is -2.30. The molecule has 0 bridgehead atoms. The van der Waals surface area contributed by atoms with Crippen molar-refractivity contribution in [2.24, 2.45) is 0 Å². The zero-order valence-corrected chi connectivity index (χ0v) is 21.9. The van der Waals surface area contributed by atoms with E-state index in [1.165, 1.54) is 30.0 Å². The molecule has 1 fully saturated rings. The topological polar surface area (TPSA) is 58.6 Å². The second kappa shape index (κ2) is 13.9. The van der Waals surface area contributed by atoms with Gasteiger partial charge in [-0.3, -0.25) is 0 Å². The lowest BCUT2D eigenvalue weighted by Crippen LogP contribution is -2.23. The van der Waals surface area contributed by atoms with E-state index in [2.05, 4.69) is 9.84 Å². The summed E-state index contributed by atoms with van der Waals surface area (Å²) in [6.45, 7) is 0.816. The molecule has 2 N–H and O–H groups in total. The van der Waals surface area contributed by atoms with Crippen LogP contribution >= 0.6 is 20.0 Å². The molecular formula is C26H33F4NO3PS+. The van der Waals surface area contributed by atoms with E-state index in [-0.39, 0.29) is 29.3 Å². The summed E-state index contributed by atoms with van der Waals surface area (Å²) in [4.78, 5) is 8.79. The zero-order valence-electron chi connectivity index (χ0n) is 20.2. The minimum Gasteiger partial charge on any atom is -0.313 e. The van der Waals surface area contributed by atoms with Gasteiger partial charge in [0.05, 0.1) is 5.56 Å². The number of thioether (sulfide) groups is 1. The predicted molar refractivity (Wildman–Crippen MR) is 135 cm³/mol. The average Bonchev–Trinajstić information content (AvgIpc) is 3.31. The quantitative estimate of drug-likeness (QED) is 0.110. The third-order valence-electron chi connectivity index (χ3n) is 6.69. The minimum atomic E-state index is -4.45. The summed E-state index contributed by atoms with van der Waals surface area (Å²) in [5.74, 6) is 0.412. The lowest BCUT2D eigenvalue weighted by molar-refractivity contribution is -0.139. The van der Waals surface area contributed by atoms with Crippen LogP contribution in [0.3, 0.4) is 0 Å². The van der Waals surface area contributed by atoms with Crippen LogP contribution < -0.4 is 5.32 Å². The highest BCUT2D eigenvalue weighted by molar-refractivity contribution is 7.99. The molecule has 0 aliphatic heterocycles. The Hall–Kier alpha value is -1.51. The van der Waals surface area contributed by atoms with Gasteiger partial charge >= 0.3 is 14.4 Å². The van der Waals surface area contributed by atoms with Crippen molar-refractivity contribution in [3.8, 4) is 0 Å². The van der Waals surface area contributed by atoms with Crippen LogP contribution in [0.5, 0.6) is 0 Å². The molecule has 3 rings (SSSR count). The van der Waals surface area contributed by atoms with E-state index in [9.17, 15) is 22.1 Å². The van der Waals surface area contributed by atoms with Crippen molar-refractivity contribution in [3.63, 3.8) is 0 Å². The number of hydrogen-bond acceptors (Lipinski definition) is 4. The molecule has 0 radical (unpaired) electrons. The highest BCUT2D eigenvalue weighted by Gasteiger charge is 2.37. The molecule has 0 spiro atoms. The van der Waals surface area contributed by atoms with Crippen molar-refractivity contribution in [1.82, 2.24) is 5.32 Å². The van der Waals surface area contributed by atoms with Crippen LogP contribution in [0.25, 0.3) is 0 Å². The zero-order chi connectivity index (χ0) is 26.0. The molecule has 0 saturated heterocycles. The fourth-order valence-corrected chi connectivity index (χ4v) is 6.30. The highest BCUT2D eigenvalue weighted by atomic mass is 32.2. The lowest BCUT2D eigenvalue weighted by atomic mass is 9.75. The summed E-state index contributed by atoms with van der Waals surface area (Å²) in [6.07, 6.45) is 2.57. The van der Waals surface area contributed by atoms with Crippen LogP contribution in [-0.2, 0) is 27.2 Å². The van der Waals surface area contributed by atoms with Gasteiger partial charge in [-0.05, 0) is 79.1 Å². The third kappa shape index (κ3) is 8.52. The van der Waals surface area contributed by atoms with Gasteiger partial charge in [-0.15, -0.1) is 21.2 Å². The van der Waals surface area contributed by atoms with E-state index in [1.807, 2.05) is 12.1 Å². The Labute approximate surface area is 215 Å². The first-order chi connectivity index (χ1) is 17.2. The van der Waals surface area contributed by atoms with Crippen LogP contribution in [0.15, 0.2) is 47.4 Å². The van der Waals surface area contributed by atoms with Crippen LogP contribution in [0.1, 0.15) is 68.1 Å². The van der Waals surface area contributed by atoms with Gasteiger partial charge in [-0.25, -0.2) is 4.39 Å². The molecule has 1 unspecified atom stereocenters.